The van der Waals surface area contributed by atoms with Gasteiger partial charge in [-0.15, -0.1) is 0 Å². The van der Waals surface area contributed by atoms with Crippen molar-refractivity contribution >= 4 is 34.6 Å². The van der Waals surface area contributed by atoms with E-state index in [9.17, 15) is 24.3 Å². The van der Waals surface area contributed by atoms with E-state index in [1.807, 2.05) is 56.7 Å². The summed E-state index contributed by atoms with van der Waals surface area (Å²) in [6.45, 7) is 15.6. The topological polar surface area (TPSA) is 173 Å². The first-order valence-electron chi connectivity index (χ1n) is 23.3. The summed E-state index contributed by atoms with van der Waals surface area (Å²) in [6, 6.07) is 12.7. The molecular weight excluding hydrogens is 837 g/mol. The van der Waals surface area contributed by atoms with Gasteiger partial charge in [0.2, 0.25) is 11.8 Å². The summed E-state index contributed by atoms with van der Waals surface area (Å²) in [5.41, 5.74) is 9.67. The zero-order chi connectivity index (χ0) is 47.2. The zero-order valence-electron chi connectivity index (χ0n) is 39.6. The van der Waals surface area contributed by atoms with E-state index >= 15 is 0 Å². The number of likely N-dealkylation sites (N-methyl/N-ethyl adjacent to an activating group) is 1. The first-order chi connectivity index (χ1) is 31.5. The second kappa shape index (κ2) is 18.7. The Morgan fingerprint density at radius 2 is 1.86 bits per heavy atom. The lowest BCUT2D eigenvalue weighted by Crippen LogP contribution is -2.62. The Morgan fingerprint density at radius 1 is 1.08 bits per heavy atom. The third-order valence-electron chi connectivity index (χ3n) is 13.8. The summed E-state index contributed by atoms with van der Waals surface area (Å²) in [7, 11) is 3.32. The molecule has 66 heavy (non-hydrogen) atoms. The molecule has 0 saturated carbocycles. The Hall–Kier alpha value is -6.06. The van der Waals surface area contributed by atoms with Gasteiger partial charge in [-0.2, -0.15) is 0 Å². The van der Waals surface area contributed by atoms with E-state index in [-0.39, 0.29) is 42.6 Å². The van der Waals surface area contributed by atoms with E-state index in [2.05, 4.69) is 59.3 Å². The number of carbonyl (C=O) groups is 4. The highest BCUT2D eigenvalue weighted by Gasteiger charge is 2.42. The van der Waals surface area contributed by atoms with Gasteiger partial charge in [-0.1, -0.05) is 46.8 Å². The van der Waals surface area contributed by atoms with Gasteiger partial charge in [-0.25, -0.2) is 10.4 Å². The average Bonchev–Trinajstić information content (AvgIpc) is 3.98. The smallest absolute Gasteiger partial charge is 0.324 e. The van der Waals surface area contributed by atoms with Crippen LogP contribution in [-0.2, 0) is 54.6 Å². The van der Waals surface area contributed by atoms with Crippen molar-refractivity contribution in [2.75, 3.05) is 27.3 Å². The second-order valence-electron chi connectivity index (χ2n) is 19.5. The Bertz CT molecular complexity index is 2650. The van der Waals surface area contributed by atoms with E-state index in [0.29, 0.717) is 44.5 Å². The Balaban J connectivity index is 1.20. The fourth-order valence-corrected chi connectivity index (χ4v) is 10.4. The molecule has 15 nitrogen and oxygen atoms in total. The molecule has 3 aromatic heterocycles. The summed E-state index contributed by atoms with van der Waals surface area (Å²) in [6.07, 6.45) is 6.64. The molecule has 5 aromatic rings. The molecule has 2 aromatic carbocycles. The highest BCUT2D eigenvalue weighted by Crippen LogP contribution is 2.42. The lowest BCUT2D eigenvalue weighted by Gasteiger charge is -2.37. The van der Waals surface area contributed by atoms with Crippen molar-refractivity contribution in [1.82, 2.24) is 39.8 Å². The number of hydrogen-bond acceptors (Lipinski definition) is 10. The fraction of sp³-hybridized carbons (Fsp3) is 0.490. The normalized spacial score (nSPS) is 21.8. The van der Waals surface area contributed by atoms with Crippen LogP contribution >= 0.6 is 0 Å². The van der Waals surface area contributed by atoms with E-state index in [1.54, 1.807) is 38.7 Å². The molecule has 0 spiro atoms. The largest absolute Gasteiger partial charge is 0.508 e. The number of aromatic hydroxyl groups is 1. The average molecular weight is 901 g/mol. The van der Waals surface area contributed by atoms with Crippen LogP contribution in [0.2, 0.25) is 0 Å². The first-order valence-corrected chi connectivity index (χ1v) is 23.3. The predicted octanol–water partition coefficient (Wildman–Crippen LogP) is 6.56. The van der Waals surface area contributed by atoms with Crippen molar-refractivity contribution < 1.29 is 33.8 Å². The number of imidazole rings is 1. The van der Waals surface area contributed by atoms with Crippen LogP contribution in [0.25, 0.3) is 33.3 Å². The summed E-state index contributed by atoms with van der Waals surface area (Å²) in [5.74, 6) is -1.57. The molecule has 6 bridgehead atoms. The summed E-state index contributed by atoms with van der Waals surface area (Å²) < 4.78 is 16.2. The first kappa shape index (κ1) is 46.5. The number of carbonyl (C=O) groups excluding carboxylic acids is 4. The molecule has 3 aliphatic rings. The van der Waals surface area contributed by atoms with Gasteiger partial charge in [0.25, 0.3) is 5.91 Å². The highest BCUT2D eigenvalue weighted by atomic mass is 16.5. The number of ether oxygens (including phenoxy) is 2. The zero-order valence-corrected chi connectivity index (χ0v) is 39.6. The van der Waals surface area contributed by atoms with Crippen molar-refractivity contribution in [2.24, 2.45) is 17.3 Å². The van der Waals surface area contributed by atoms with Gasteiger partial charge in [0.05, 0.1) is 30.0 Å². The highest BCUT2D eigenvalue weighted by molar-refractivity contribution is 5.96. The summed E-state index contributed by atoms with van der Waals surface area (Å²) >= 11 is 0. The molecule has 3 aliphatic heterocycles. The Kier molecular flexibility index (Phi) is 13.1. The lowest BCUT2D eigenvalue weighted by molar-refractivity contribution is -0.155. The van der Waals surface area contributed by atoms with Crippen molar-refractivity contribution in [3.05, 3.63) is 89.8 Å². The lowest BCUT2D eigenvalue weighted by atomic mass is 9.84. The number of benzene rings is 2. The number of aromatic nitrogens is 4. The number of hydrazine groups is 1. The molecule has 1 saturated heterocycles. The standard InChI is InChI=1S/C51H64N8O7/c1-10-58-42-16-15-33-25-37(42)38(45(58)36-13-11-17-52-43(36)31(5)65-9)26-51(6,7)28-66-50(64)40-14-12-19-59(55-40)49(63)41(23-32-21-34(33)24-35(60)22-32)54-47(61)44(29(2)3)56(8)48(62)39-27-57-20-18-53-46(57)30(39)4/h11,13,15-18,20-22,24-25,29-31,39-41,44,55,60H,10,12,14,19,23,26-28H2,1-9H3,(H,54,61)/t30-,31-,39-,40-,41-,44-/m0/s1. The molecule has 3 amide bonds. The molecule has 6 atom stereocenters. The number of esters is 1. The third kappa shape index (κ3) is 8.94. The molecular formula is C51H64N8O7. The minimum absolute atomic E-state index is 0.00573. The van der Waals surface area contributed by atoms with Crippen LogP contribution in [0.3, 0.4) is 0 Å². The van der Waals surface area contributed by atoms with E-state index in [1.165, 1.54) is 9.91 Å². The monoisotopic (exact) mass is 900 g/mol. The Morgan fingerprint density at radius 3 is 2.59 bits per heavy atom. The quantitative estimate of drug-likeness (QED) is 0.138. The van der Waals surface area contributed by atoms with Crippen molar-refractivity contribution in [3.8, 4) is 28.1 Å². The molecule has 350 valence electrons. The van der Waals surface area contributed by atoms with E-state index in [4.69, 9.17) is 14.5 Å². The maximum atomic E-state index is 14.8. The number of phenolic OH excluding ortho intramolecular Hbond substituents is 1. The predicted molar refractivity (Wildman–Crippen MR) is 251 cm³/mol. The molecule has 8 rings (SSSR count). The molecule has 15 heteroatoms. The van der Waals surface area contributed by atoms with Gasteiger partial charge in [0.1, 0.15) is 29.7 Å². The second-order valence-corrected chi connectivity index (χ2v) is 19.5. The van der Waals surface area contributed by atoms with Crippen molar-refractivity contribution in [3.63, 3.8) is 0 Å². The fourth-order valence-electron chi connectivity index (χ4n) is 10.4. The van der Waals surface area contributed by atoms with E-state index in [0.717, 1.165) is 50.4 Å². The maximum absolute atomic E-state index is 14.8. The summed E-state index contributed by atoms with van der Waals surface area (Å²) in [4.78, 5) is 68.2. The maximum Gasteiger partial charge on any atom is 0.324 e. The number of phenols is 1. The number of rotatable bonds is 9. The van der Waals surface area contributed by atoms with Crippen molar-refractivity contribution in [2.45, 2.75) is 117 Å². The minimum Gasteiger partial charge on any atom is -0.508 e. The number of amides is 3. The number of nitrogens with zero attached hydrogens (tertiary/aromatic N) is 6. The number of methoxy groups -OCH3 is 1. The summed E-state index contributed by atoms with van der Waals surface area (Å²) in [5, 5.41) is 16.8. The van der Waals surface area contributed by atoms with Crippen LogP contribution in [-0.4, -0.2) is 103 Å². The van der Waals surface area contributed by atoms with Gasteiger partial charge in [0, 0.05) is 86.6 Å². The molecule has 6 heterocycles. The Labute approximate surface area is 386 Å². The van der Waals surface area contributed by atoms with E-state index < -0.39 is 47.2 Å². The van der Waals surface area contributed by atoms with Gasteiger partial charge in [-0.3, -0.25) is 29.2 Å². The SMILES string of the molecule is CCn1c(-c2cccnc2[C@H](C)OC)c2c3cc(ccc31)-c1cc(O)cc(c1)C[C@H](NC(=O)[C@H](C(C)C)N(C)C(=O)[C@H]1Cn3ccnc3[C@H]1C)C(=O)N1CCC[C@H](N1)C(=O)OCC(C)(C)C2. The number of nitrogens with one attached hydrogen (secondary N) is 2. The van der Waals surface area contributed by atoms with Gasteiger partial charge < -0.3 is 33.9 Å². The van der Waals surface area contributed by atoms with Crippen LogP contribution in [0.15, 0.2) is 67.1 Å². The molecule has 3 N–H and O–H groups in total. The van der Waals surface area contributed by atoms with Gasteiger partial charge in [0.15, 0.2) is 0 Å². The number of fused-ring (bicyclic) bond motifs is 7. The van der Waals surface area contributed by atoms with Crippen LogP contribution in [0.1, 0.15) is 96.0 Å². The number of hydrogen-bond donors (Lipinski definition) is 3. The molecule has 0 unspecified atom stereocenters. The molecule has 0 aliphatic carbocycles. The van der Waals surface area contributed by atoms with Crippen LogP contribution in [0.5, 0.6) is 5.75 Å². The van der Waals surface area contributed by atoms with Crippen LogP contribution < -0.4 is 10.7 Å². The van der Waals surface area contributed by atoms with Gasteiger partial charge in [-0.05, 0) is 97.7 Å². The third-order valence-corrected chi connectivity index (χ3v) is 13.8. The van der Waals surface area contributed by atoms with Crippen LogP contribution in [0.4, 0.5) is 0 Å². The van der Waals surface area contributed by atoms with Gasteiger partial charge >= 0.3 is 5.97 Å². The van der Waals surface area contributed by atoms with Crippen molar-refractivity contribution in [1.29, 1.82) is 0 Å². The van der Waals surface area contributed by atoms with Crippen LogP contribution in [0, 0.1) is 17.3 Å². The minimum atomic E-state index is -1.13. The number of aryl methyl sites for hydroxylation is 1. The molecule has 0 radical (unpaired) electrons. The molecule has 1 fully saturated rings. The number of cyclic esters (lactones) is 1. The number of pyridine rings is 1.